The minimum Gasteiger partial charge on any atom is -0.493 e. The fourth-order valence-corrected chi connectivity index (χ4v) is 4.73. The van der Waals surface area contributed by atoms with Gasteiger partial charge in [-0.1, -0.05) is 6.07 Å². The highest BCUT2D eigenvalue weighted by molar-refractivity contribution is 5.97. The summed E-state index contributed by atoms with van der Waals surface area (Å²) in [6, 6.07) is 10.0. The number of nitrogens with one attached hydrogen (secondary N) is 1. The van der Waals surface area contributed by atoms with Crippen LogP contribution in [0.1, 0.15) is 36.9 Å². The Balaban J connectivity index is 1.43. The lowest BCUT2D eigenvalue weighted by atomic mass is 10.1. The van der Waals surface area contributed by atoms with Crippen molar-refractivity contribution in [3.05, 3.63) is 47.8 Å². The van der Waals surface area contributed by atoms with Crippen LogP contribution in [0.3, 0.4) is 0 Å². The molecule has 1 saturated heterocycles. The highest BCUT2D eigenvalue weighted by atomic mass is 16.5. The maximum Gasteiger partial charge on any atom is 0.163 e. The van der Waals surface area contributed by atoms with Crippen LogP contribution in [0.25, 0.3) is 10.9 Å². The number of hydrogen-bond acceptors (Lipinski definition) is 6. The third-order valence-corrected chi connectivity index (χ3v) is 6.29. The van der Waals surface area contributed by atoms with E-state index >= 15 is 0 Å². The van der Waals surface area contributed by atoms with Gasteiger partial charge in [0, 0.05) is 29.9 Å². The lowest BCUT2D eigenvalue weighted by Gasteiger charge is -2.18. The number of pyridine rings is 2. The molecule has 162 valence electrons. The molecule has 6 nitrogen and oxygen atoms in total. The normalized spacial score (nSPS) is 15.9. The Morgan fingerprint density at radius 2 is 1.97 bits per heavy atom. The minimum atomic E-state index is 0.683. The summed E-state index contributed by atoms with van der Waals surface area (Å²) in [5, 5.41) is 4.60. The van der Waals surface area contributed by atoms with Gasteiger partial charge in [-0.3, -0.25) is 4.98 Å². The zero-order valence-electron chi connectivity index (χ0n) is 18.2. The first-order valence-corrected chi connectivity index (χ1v) is 11.4. The third kappa shape index (κ3) is 4.30. The lowest BCUT2D eigenvalue weighted by Crippen LogP contribution is -2.21. The molecular formula is C25H30N4O2. The predicted octanol–water partition coefficient (Wildman–Crippen LogP) is 4.74. The van der Waals surface area contributed by atoms with Gasteiger partial charge in [0.2, 0.25) is 0 Å². The van der Waals surface area contributed by atoms with Crippen LogP contribution in [-0.4, -0.2) is 48.2 Å². The van der Waals surface area contributed by atoms with Crippen LogP contribution in [0.4, 0.5) is 11.5 Å². The summed E-state index contributed by atoms with van der Waals surface area (Å²) in [5.41, 5.74) is 4.50. The van der Waals surface area contributed by atoms with E-state index in [2.05, 4.69) is 21.3 Å². The maximum atomic E-state index is 6.15. The van der Waals surface area contributed by atoms with E-state index in [9.17, 15) is 0 Å². The van der Waals surface area contributed by atoms with Crippen LogP contribution in [0, 0.1) is 0 Å². The van der Waals surface area contributed by atoms with Gasteiger partial charge in [-0.25, -0.2) is 4.98 Å². The van der Waals surface area contributed by atoms with E-state index in [1.54, 1.807) is 13.3 Å². The molecule has 1 N–H and O–H groups in total. The van der Waals surface area contributed by atoms with Crippen LogP contribution >= 0.6 is 0 Å². The number of anilines is 2. The Morgan fingerprint density at radius 1 is 1.06 bits per heavy atom. The number of fused-ring (bicyclic) bond motifs is 2. The van der Waals surface area contributed by atoms with Gasteiger partial charge in [0.15, 0.2) is 11.5 Å². The quantitative estimate of drug-likeness (QED) is 0.534. The number of rotatable bonds is 8. The molecule has 5 rings (SSSR count). The zero-order chi connectivity index (χ0) is 21.0. The number of methoxy groups -OCH3 is 1. The van der Waals surface area contributed by atoms with Crippen molar-refractivity contribution in [2.24, 2.45) is 0 Å². The molecule has 0 radical (unpaired) electrons. The average molecular weight is 419 g/mol. The highest BCUT2D eigenvalue weighted by Crippen LogP contribution is 2.40. The van der Waals surface area contributed by atoms with Crippen molar-refractivity contribution in [1.82, 2.24) is 14.9 Å². The lowest BCUT2D eigenvalue weighted by molar-refractivity contribution is 0.254. The van der Waals surface area contributed by atoms with Gasteiger partial charge in [-0.2, -0.15) is 0 Å². The first-order chi connectivity index (χ1) is 15.3. The highest BCUT2D eigenvalue weighted by Gasteiger charge is 2.22. The number of likely N-dealkylation sites (tertiary alicyclic amines) is 1. The molecule has 31 heavy (non-hydrogen) atoms. The molecule has 0 atom stereocenters. The number of aryl methyl sites for hydroxylation is 1. The van der Waals surface area contributed by atoms with Gasteiger partial charge in [0.1, 0.15) is 5.82 Å². The summed E-state index contributed by atoms with van der Waals surface area (Å²) in [6.45, 7) is 4.23. The number of nitrogens with zero attached hydrogens (tertiary/aromatic N) is 3. The van der Waals surface area contributed by atoms with Crippen molar-refractivity contribution >= 4 is 22.4 Å². The summed E-state index contributed by atoms with van der Waals surface area (Å²) in [5.74, 6) is 2.36. The molecule has 1 aliphatic heterocycles. The molecule has 0 spiro atoms. The molecule has 2 aliphatic rings. The van der Waals surface area contributed by atoms with E-state index in [0.717, 1.165) is 66.1 Å². The number of ether oxygens (including phenoxy) is 2. The molecule has 1 aliphatic carbocycles. The van der Waals surface area contributed by atoms with Gasteiger partial charge < -0.3 is 19.7 Å². The van der Waals surface area contributed by atoms with Gasteiger partial charge in [0.05, 0.1) is 24.9 Å². The first kappa shape index (κ1) is 20.1. The molecular weight excluding hydrogens is 388 g/mol. The molecule has 0 amide bonds. The molecule has 0 unspecified atom stereocenters. The Morgan fingerprint density at radius 3 is 2.77 bits per heavy atom. The van der Waals surface area contributed by atoms with Crippen molar-refractivity contribution in [3.8, 4) is 11.5 Å². The van der Waals surface area contributed by atoms with Crippen molar-refractivity contribution in [2.75, 3.05) is 38.7 Å². The van der Waals surface area contributed by atoms with Gasteiger partial charge >= 0.3 is 0 Å². The zero-order valence-corrected chi connectivity index (χ0v) is 18.2. The number of benzene rings is 1. The second-order valence-electron chi connectivity index (χ2n) is 8.38. The molecule has 0 bridgehead atoms. The Hall–Kier alpha value is -2.86. The predicted molar refractivity (Wildman–Crippen MR) is 124 cm³/mol. The van der Waals surface area contributed by atoms with Crippen LogP contribution in [0.15, 0.2) is 36.5 Å². The fourth-order valence-electron chi connectivity index (χ4n) is 4.73. The van der Waals surface area contributed by atoms with Crippen LogP contribution in [-0.2, 0) is 12.8 Å². The summed E-state index contributed by atoms with van der Waals surface area (Å²) < 4.78 is 11.9. The fraction of sp³-hybridized carbons (Fsp3) is 0.440. The molecule has 1 aromatic carbocycles. The van der Waals surface area contributed by atoms with E-state index in [1.165, 1.54) is 37.2 Å². The third-order valence-electron chi connectivity index (χ3n) is 6.29. The number of aromatic nitrogens is 2. The van der Waals surface area contributed by atoms with Gasteiger partial charge in [-0.05, 0) is 75.4 Å². The second-order valence-corrected chi connectivity index (χ2v) is 8.38. The van der Waals surface area contributed by atoms with E-state index in [1.807, 2.05) is 24.3 Å². The number of hydrogen-bond donors (Lipinski definition) is 1. The largest absolute Gasteiger partial charge is 0.493 e. The minimum absolute atomic E-state index is 0.683. The van der Waals surface area contributed by atoms with Gasteiger partial charge in [-0.15, -0.1) is 0 Å². The molecule has 0 saturated carbocycles. The molecule has 3 aromatic rings. The Bertz CT molecular complexity index is 1050. The van der Waals surface area contributed by atoms with Crippen LogP contribution in [0.2, 0.25) is 0 Å². The summed E-state index contributed by atoms with van der Waals surface area (Å²) in [6.07, 6.45) is 8.65. The first-order valence-electron chi connectivity index (χ1n) is 11.4. The topological polar surface area (TPSA) is 59.5 Å². The SMILES string of the molecule is COc1cc2c(Nc3ccccn3)c3c(nc2cc1OCCCN1CCCC1)CCC3. The average Bonchev–Trinajstić information content (AvgIpc) is 3.49. The summed E-state index contributed by atoms with van der Waals surface area (Å²) >= 11 is 0. The van der Waals surface area contributed by atoms with Gasteiger partial charge in [0.25, 0.3) is 0 Å². The van der Waals surface area contributed by atoms with E-state index in [4.69, 9.17) is 14.5 Å². The van der Waals surface area contributed by atoms with E-state index < -0.39 is 0 Å². The van der Waals surface area contributed by atoms with Crippen molar-refractivity contribution in [1.29, 1.82) is 0 Å². The molecule has 6 heteroatoms. The van der Waals surface area contributed by atoms with Crippen molar-refractivity contribution in [2.45, 2.75) is 38.5 Å². The standard InChI is InChI=1S/C25H30N4O2/c1-30-22-16-19-21(17-23(22)31-15-7-14-29-12-4-5-13-29)27-20-9-6-8-18(20)25(19)28-24-10-2-3-11-26-24/h2-3,10-11,16-17H,4-9,12-15H2,1H3,(H,26,27,28). The van der Waals surface area contributed by atoms with Crippen LogP contribution in [0.5, 0.6) is 11.5 Å². The molecule has 1 fully saturated rings. The smallest absolute Gasteiger partial charge is 0.163 e. The Labute approximate surface area is 183 Å². The second kappa shape index (κ2) is 9.10. The maximum absolute atomic E-state index is 6.15. The molecule has 2 aromatic heterocycles. The van der Waals surface area contributed by atoms with Crippen molar-refractivity contribution in [3.63, 3.8) is 0 Å². The summed E-state index contributed by atoms with van der Waals surface area (Å²) in [7, 11) is 1.70. The van der Waals surface area contributed by atoms with Crippen LogP contribution < -0.4 is 14.8 Å². The van der Waals surface area contributed by atoms with Crippen molar-refractivity contribution < 1.29 is 9.47 Å². The molecule has 3 heterocycles. The summed E-state index contributed by atoms with van der Waals surface area (Å²) in [4.78, 5) is 12.0. The Kier molecular flexibility index (Phi) is 5.89. The van der Waals surface area contributed by atoms with E-state index in [0.29, 0.717) is 6.61 Å². The van der Waals surface area contributed by atoms with E-state index in [-0.39, 0.29) is 0 Å². The monoisotopic (exact) mass is 418 g/mol.